The Morgan fingerprint density at radius 2 is 1.86 bits per heavy atom. The molecule has 0 saturated heterocycles. The number of nitrogens with zero attached hydrogens (tertiary/aromatic N) is 2. The smallest absolute Gasteiger partial charge is 0.124 e. The van der Waals surface area contributed by atoms with E-state index in [0.717, 1.165) is 34.4 Å². The average molecular weight is 280 g/mol. The highest BCUT2D eigenvalue weighted by molar-refractivity contribution is 5.81. The lowest BCUT2D eigenvalue weighted by molar-refractivity contribution is 0.496. The first kappa shape index (κ1) is 13.8. The second-order valence-electron chi connectivity index (χ2n) is 5.83. The molecular weight excluding hydrogens is 260 g/mol. The summed E-state index contributed by atoms with van der Waals surface area (Å²) in [6, 6.07) is 10.2. The van der Waals surface area contributed by atoms with Gasteiger partial charge in [-0.1, -0.05) is 19.9 Å². The van der Waals surface area contributed by atoms with Gasteiger partial charge >= 0.3 is 0 Å². The van der Waals surface area contributed by atoms with Crippen LogP contribution in [-0.2, 0) is 0 Å². The van der Waals surface area contributed by atoms with E-state index in [2.05, 4.69) is 40.9 Å². The SMILES string of the molecule is CC(C)C[C@@H](N)c1nc2ccc(-c3ccncc3)cc2[nH]1. The molecule has 0 unspecified atom stereocenters. The minimum absolute atomic E-state index is 0.0400. The topological polar surface area (TPSA) is 67.6 Å². The number of hydrogen-bond donors (Lipinski definition) is 2. The highest BCUT2D eigenvalue weighted by atomic mass is 15.0. The molecule has 0 aliphatic rings. The fourth-order valence-corrected chi connectivity index (χ4v) is 2.55. The summed E-state index contributed by atoms with van der Waals surface area (Å²) in [5.41, 5.74) is 10.5. The molecule has 3 rings (SSSR count). The molecule has 4 nitrogen and oxygen atoms in total. The van der Waals surface area contributed by atoms with Crippen molar-refractivity contribution in [3.63, 3.8) is 0 Å². The number of fused-ring (bicyclic) bond motifs is 1. The molecule has 0 radical (unpaired) electrons. The van der Waals surface area contributed by atoms with Gasteiger partial charge in [-0.25, -0.2) is 4.98 Å². The van der Waals surface area contributed by atoms with Crippen LogP contribution in [0, 0.1) is 5.92 Å². The number of rotatable bonds is 4. The quantitative estimate of drug-likeness (QED) is 0.766. The van der Waals surface area contributed by atoms with Gasteiger partial charge in [0, 0.05) is 12.4 Å². The first-order valence-corrected chi connectivity index (χ1v) is 7.29. The van der Waals surface area contributed by atoms with Crippen LogP contribution >= 0.6 is 0 Å². The van der Waals surface area contributed by atoms with Gasteiger partial charge in [-0.2, -0.15) is 0 Å². The number of aromatic amines is 1. The zero-order valence-electron chi connectivity index (χ0n) is 12.4. The van der Waals surface area contributed by atoms with Crippen LogP contribution < -0.4 is 5.73 Å². The van der Waals surface area contributed by atoms with Crippen molar-refractivity contribution < 1.29 is 0 Å². The van der Waals surface area contributed by atoms with Crippen LogP contribution in [0.3, 0.4) is 0 Å². The fourth-order valence-electron chi connectivity index (χ4n) is 2.55. The molecule has 3 aromatic rings. The number of imidazole rings is 1. The van der Waals surface area contributed by atoms with Crippen molar-refractivity contribution in [1.82, 2.24) is 15.0 Å². The zero-order chi connectivity index (χ0) is 14.8. The monoisotopic (exact) mass is 280 g/mol. The van der Waals surface area contributed by atoms with Crippen molar-refractivity contribution in [2.24, 2.45) is 11.7 Å². The molecule has 1 atom stereocenters. The Morgan fingerprint density at radius 3 is 2.57 bits per heavy atom. The summed E-state index contributed by atoms with van der Waals surface area (Å²) in [6.07, 6.45) is 4.53. The van der Waals surface area contributed by atoms with Gasteiger partial charge in [-0.15, -0.1) is 0 Å². The van der Waals surface area contributed by atoms with Gasteiger partial charge in [-0.05, 0) is 47.7 Å². The van der Waals surface area contributed by atoms with E-state index in [0.29, 0.717) is 5.92 Å². The lowest BCUT2D eigenvalue weighted by Crippen LogP contribution is -2.14. The van der Waals surface area contributed by atoms with E-state index in [9.17, 15) is 0 Å². The number of benzene rings is 1. The Hall–Kier alpha value is -2.20. The maximum atomic E-state index is 6.21. The Labute approximate surface area is 124 Å². The molecule has 21 heavy (non-hydrogen) atoms. The predicted molar refractivity (Wildman–Crippen MR) is 85.7 cm³/mol. The van der Waals surface area contributed by atoms with Crippen LogP contribution in [-0.4, -0.2) is 15.0 Å². The van der Waals surface area contributed by atoms with Crippen molar-refractivity contribution in [3.05, 3.63) is 48.5 Å². The molecule has 3 N–H and O–H groups in total. The Kier molecular flexibility index (Phi) is 3.71. The molecular formula is C17H20N4. The molecule has 0 aliphatic heterocycles. The van der Waals surface area contributed by atoms with Crippen molar-refractivity contribution in [3.8, 4) is 11.1 Å². The van der Waals surface area contributed by atoms with Crippen molar-refractivity contribution in [2.45, 2.75) is 26.3 Å². The van der Waals surface area contributed by atoms with Gasteiger partial charge < -0.3 is 10.7 Å². The first-order chi connectivity index (χ1) is 10.1. The summed E-state index contributed by atoms with van der Waals surface area (Å²) in [5, 5.41) is 0. The minimum atomic E-state index is -0.0400. The third-order valence-electron chi connectivity index (χ3n) is 3.59. The third kappa shape index (κ3) is 2.95. The van der Waals surface area contributed by atoms with Crippen LogP contribution in [0.15, 0.2) is 42.7 Å². The summed E-state index contributed by atoms with van der Waals surface area (Å²) in [5.74, 6) is 1.42. The lowest BCUT2D eigenvalue weighted by atomic mass is 10.0. The molecule has 108 valence electrons. The molecule has 0 fully saturated rings. The summed E-state index contributed by atoms with van der Waals surface area (Å²) in [4.78, 5) is 12.0. The number of nitrogens with two attached hydrogens (primary N) is 1. The minimum Gasteiger partial charge on any atom is -0.341 e. The van der Waals surface area contributed by atoms with E-state index in [1.807, 2.05) is 18.2 Å². The Bertz CT molecular complexity index is 731. The second-order valence-corrected chi connectivity index (χ2v) is 5.83. The van der Waals surface area contributed by atoms with Crippen molar-refractivity contribution >= 4 is 11.0 Å². The van der Waals surface area contributed by atoms with Crippen LogP contribution in [0.25, 0.3) is 22.2 Å². The third-order valence-corrected chi connectivity index (χ3v) is 3.59. The summed E-state index contributed by atoms with van der Waals surface area (Å²) < 4.78 is 0. The maximum absolute atomic E-state index is 6.21. The number of nitrogens with one attached hydrogen (secondary N) is 1. The van der Waals surface area contributed by atoms with Gasteiger partial charge in [0.2, 0.25) is 0 Å². The molecule has 0 bridgehead atoms. The molecule has 2 aromatic heterocycles. The van der Waals surface area contributed by atoms with Gasteiger partial charge in [0.15, 0.2) is 0 Å². The average Bonchev–Trinajstić information content (AvgIpc) is 2.90. The summed E-state index contributed by atoms with van der Waals surface area (Å²) >= 11 is 0. The van der Waals surface area contributed by atoms with Crippen LogP contribution in [0.1, 0.15) is 32.1 Å². The van der Waals surface area contributed by atoms with E-state index < -0.39 is 0 Å². The van der Waals surface area contributed by atoms with E-state index in [1.54, 1.807) is 12.4 Å². The van der Waals surface area contributed by atoms with Gasteiger partial charge in [0.05, 0.1) is 17.1 Å². The molecule has 4 heteroatoms. The van der Waals surface area contributed by atoms with E-state index >= 15 is 0 Å². The molecule has 0 aliphatic carbocycles. The summed E-state index contributed by atoms with van der Waals surface area (Å²) in [7, 11) is 0. The molecule has 2 heterocycles. The predicted octanol–water partition coefficient (Wildman–Crippen LogP) is 3.67. The normalized spacial score (nSPS) is 13.0. The van der Waals surface area contributed by atoms with E-state index in [4.69, 9.17) is 5.73 Å². The van der Waals surface area contributed by atoms with Crippen molar-refractivity contribution in [2.75, 3.05) is 0 Å². The lowest BCUT2D eigenvalue weighted by Gasteiger charge is -2.10. The second kappa shape index (κ2) is 5.66. The molecule has 0 amide bonds. The maximum Gasteiger partial charge on any atom is 0.124 e. The van der Waals surface area contributed by atoms with Gasteiger partial charge in [0.1, 0.15) is 5.82 Å². The first-order valence-electron chi connectivity index (χ1n) is 7.29. The Balaban J connectivity index is 1.95. The number of aromatic nitrogens is 3. The van der Waals surface area contributed by atoms with Crippen molar-refractivity contribution in [1.29, 1.82) is 0 Å². The Morgan fingerprint density at radius 1 is 1.10 bits per heavy atom. The number of pyridine rings is 1. The van der Waals surface area contributed by atoms with Crippen LogP contribution in [0.4, 0.5) is 0 Å². The molecule has 0 saturated carbocycles. The molecule has 1 aromatic carbocycles. The fraction of sp³-hybridized carbons (Fsp3) is 0.294. The van der Waals surface area contributed by atoms with Crippen LogP contribution in [0.2, 0.25) is 0 Å². The largest absolute Gasteiger partial charge is 0.341 e. The standard InChI is InChI=1S/C17H20N4/c1-11(2)9-14(18)17-20-15-4-3-13(10-16(15)21-17)12-5-7-19-8-6-12/h3-8,10-11,14H,9,18H2,1-2H3,(H,20,21)/t14-/m1/s1. The number of H-pyrrole nitrogens is 1. The summed E-state index contributed by atoms with van der Waals surface area (Å²) in [6.45, 7) is 4.34. The van der Waals surface area contributed by atoms with Gasteiger partial charge in [0.25, 0.3) is 0 Å². The van der Waals surface area contributed by atoms with E-state index in [1.165, 1.54) is 0 Å². The molecule has 0 spiro atoms. The van der Waals surface area contributed by atoms with E-state index in [-0.39, 0.29) is 6.04 Å². The highest BCUT2D eigenvalue weighted by Crippen LogP contribution is 2.25. The highest BCUT2D eigenvalue weighted by Gasteiger charge is 2.13. The zero-order valence-corrected chi connectivity index (χ0v) is 12.4. The number of hydrogen-bond acceptors (Lipinski definition) is 3. The van der Waals surface area contributed by atoms with Gasteiger partial charge in [-0.3, -0.25) is 4.98 Å². The van der Waals surface area contributed by atoms with Crippen LogP contribution in [0.5, 0.6) is 0 Å².